The summed E-state index contributed by atoms with van der Waals surface area (Å²) in [6.45, 7) is 0.911. The summed E-state index contributed by atoms with van der Waals surface area (Å²) < 4.78 is 6.26. The molecular formula is C10H11BrN2O. The van der Waals surface area contributed by atoms with E-state index in [1.165, 1.54) is 0 Å². The Morgan fingerprint density at radius 1 is 1.50 bits per heavy atom. The van der Waals surface area contributed by atoms with Crippen LogP contribution in [0.3, 0.4) is 0 Å². The number of nitrogens with zero attached hydrogens (tertiary/aromatic N) is 1. The maximum atomic E-state index is 5.20. The molecule has 0 atom stereocenters. The molecular weight excluding hydrogens is 244 g/mol. The lowest BCUT2D eigenvalue weighted by Crippen LogP contribution is -2.10. The molecule has 3 nitrogen and oxygen atoms in total. The number of aromatic nitrogens is 1. The van der Waals surface area contributed by atoms with Gasteiger partial charge in [-0.2, -0.15) is 0 Å². The first-order chi connectivity index (χ1) is 6.81. The first kappa shape index (κ1) is 9.68. The van der Waals surface area contributed by atoms with Gasteiger partial charge < -0.3 is 9.84 Å². The summed E-state index contributed by atoms with van der Waals surface area (Å²) in [4.78, 5) is 0. The highest BCUT2D eigenvalue weighted by atomic mass is 79.9. The largest absolute Gasteiger partial charge is 0.356 e. The molecule has 0 spiro atoms. The van der Waals surface area contributed by atoms with Gasteiger partial charge in [0.2, 0.25) is 0 Å². The zero-order valence-electron chi connectivity index (χ0n) is 7.88. The minimum absolute atomic E-state index is 0.847. The van der Waals surface area contributed by atoms with Crippen LogP contribution in [-0.4, -0.2) is 18.7 Å². The fraction of sp³-hybridized carbons (Fsp3) is 0.300. The molecule has 1 N–H and O–H groups in total. The van der Waals surface area contributed by atoms with Gasteiger partial charge in [0.15, 0.2) is 5.58 Å². The molecule has 0 aliphatic heterocycles. The SMILES string of the molecule is CNCCc1noc2ccc(Br)cc12. The van der Waals surface area contributed by atoms with Crippen LogP contribution in [0.2, 0.25) is 0 Å². The summed E-state index contributed by atoms with van der Waals surface area (Å²) in [5.74, 6) is 0. The molecule has 0 saturated heterocycles. The van der Waals surface area contributed by atoms with Crippen molar-refractivity contribution >= 4 is 26.9 Å². The average molecular weight is 255 g/mol. The average Bonchev–Trinajstić information content (AvgIpc) is 2.57. The van der Waals surface area contributed by atoms with Gasteiger partial charge in [0.05, 0.1) is 5.69 Å². The molecule has 0 bridgehead atoms. The predicted octanol–water partition coefficient (Wildman–Crippen LogP) is 2.35. The third-order valence-electron chi connectivity index (χ3n) is 2.12. The van der Waals surface area contributed by atoms with Crippen LogP contribution in [0.5, 0.6) is 0 Å². The van der Waals surface area contributed by atoms with Crippen molar-refractivity contribution in [3.63, 3.8) is 0 Å². The molecule has 1 aromatic carbocycles. The van der Waals surface area contributed by atoms with Crippen molar-refractivity contribution in [1.29, 1.82) is 0 Å². The molecule has 0 saturated carbocycles. The summed E-state index contributed by atoms with van der Waals surface area (Å²) in [6, 6.07) is 5.92. The molecule has 0 radical (unpaired) electrons. The first-order valence-electron chi connectivity index (χ1n) is 4.49. The number of rotatable bonds is 3. The van der Waals surface area contributed by atoms with Crippen LogP contribution in [0.25, 0.3) is 11.0 Å². The summed E-state index contributed by atoms with van der Waals surface area (Å²) in [7, 11) is 1.93. The molecule has 74 valence electrons. The van der Waals surface area contributed by atoms with Crippen LogP contribution in [-0.2, 0) is 6.42 Å². The van der Waals surface area contributed by atoms with Crippen LogP contribution in [0.1, 0.15) is 5.69 Å². The second kappa shape index (κ2) is 4.11. The van der Waals surface area contributed by atoms with Gasteiger partial charge in [-0.25, -0.2) is 0 Å². The zero-order chi connectivity index (χ0) is 9.97. The molecule has 0 unspecified atom stereocenters. The summed E-state index contributed by atoms with van der Waals surface area (Å²) in [6.07, 6.45) is 0.889. The molecule has 4 heteroatoms. The molecule has 2 rings (SSSR count). The van der Waals surface area contributed by atoms with Crippen molar-refractivity contribution in [2.75, 3.05) is 13.6 Å². The highest BCUT2D eigenvalue weighted by molar-refractivity contribution is 9.10. The monoisotopic (exact) mass is 254 g/mol. The van der Waals surface area contributed by atoms with E-state index in [4.69, 9.17) is 4.52 Å². The quantitative estimate of drug-likeness (QED) is 0.914. The van der Waals surface area contributed by atoms with E-state index in [-0.39, 0.29) is 0 Å². The summed E-state index contributed by atoms with van der Waals surface area (Å²) in [5.41, 5.74) is 1.86. The van der Waals surface area contributed by atoms with Gasteiger partial charge in [0, 0.05) is 22.8 Å². The van der Waals surface area contributed by atoms with Gasteiger partial charge in [0.1, 0.15) is 0 Å². The number of halogens is 1. The molecule has 2 aromatic rings. The van der Waals surface area contributed by atoms with Crippen molar-refractivity contribution in [3.8, 4) is 0 Å². The van der Waals surface area contributed by atoms with Crippen molar-refractivity contribution in [1.82, 2.24) is 10.5 Å². The van der Waals surface area contributed by atoms with E-state index in [0.29, 0.717) is 0 Å². The van der Waals surface area contributed by atoms with Crippen molar-refractivity contribution in [3.05, 3.63) is 28.4 Å². The van der Waals surface area contributed by atoms with E-state index in [9.17, 15) is 0 Å². The second-order valence-electron chi connectivity index (χ2n) is 3.12. The van der Waals surface area contributed by atoms with E-state index in [2.05, 4.69) is 26.4 Å². The topological polar surface area (TPSA) is 38.1 Å². The lowest BCUT2D eigenvalue weighted by atomic mass is 10.2. The Balaban J connectivity index is 2.40. The van der Waals surface area contributed by atoms with Crippen molar-refractivity contribution in [2.24, 2.45) is 0 Å². The van der Waals surface area contributed by atoms with Crippen LogP contribution < -0.4 is 5.32 Å². The van der Waals surface area contributed by atoms with Crippen LogP contribution in [0, 0.1) is 0 Å². The van der Waals surface area contributed by atoms with E-state index in [0.717, 1.165) is 34.1 Å². The van der Waals surface area contributed by atoms with E-state index < -0.39 is 0 Å². The number of nitrogens with one attached hydrogen (secondary N) is 1. The zero-order valence-corrected chi connectivity index (χ0v) is 9.47. The van der Waals surface area contributed by atoms with Crippen LogP contribution in [0.4, 0.5) is 0 Å². The van der Waals surface area contributed by atoms with Crippen LogP contribution in [0.15, 0.2) is 27.2 Å². The number of likely N-dealkylation sites (N-methyl/N-ethyl adjacent to an activating group) is 1. The maximum absolute atomic E-state index is 5.20. The van der Waals surface area contributed by atoms with Gasteiger partial charge >= 0.3 is 0 Å². The van der Waals surface area contributed by atoms with Gasteiger partial charge in [-0.05, 0) is 25.2 Å². The number of hydrogen-bond acceptors (Lipinski definition) is 3. The van der Waals surface area contributed by atoms with E-state index in [1.54, 1.807) is 0 Å². The van der Waals surface area contributed by atoms with Gasteiger partial charge in [-0.1, -0.05) is 21.1 Å². The lowest BCUT2D eigenvalue weighted by Gasteiger charge is -1.95. The minimum atomic E-state index is 0.847. The Labute approximate surface area is 90.6 Å². The molecule has 0 aliphatic carbocycles. The van der Waals surface area contributed by atoms with Gasteiger partial charge in [-0.15, -0.1) is 0 Å². The maximum Gasteiger partial charge on any atom is 0.167 e. The standard InChI is InChI=1S/C10H11BrN2O/c1-12-5-4-9-8-6-7(11)2-3-10(8)14-13-9/h2-3,6,12H,4-5H2,1H3. The van der Waals surface area contributed by atoms with E-state index in [1.807, 2.05) is 25.2 Å². The van der Waals surface area contributed by atoms with Crippen LogP contribution >= 0.6 is 15.9 Å². The fourth-order valence-corrected chi connectivity index (χ4v) is 1.75. The third-order valence-corrected chi connectivity index (χ3v) is 2.61. The molecule has 0 aliphatic rings. The molecule has 1 heterocycles. The predicted molar refractivity (Wildman–Crippen MR) is 59.3 cm³/mol. The number of benzene rings is 1. The highest BCUT2D eigenvalue weighted by Crippen LogP contribution is 2.22. The molecule has 1 aromatic heterocycles. The molecule has 0 amide bonds. The Bertz CT molecular complexity index is 439. The lowest BCUT2D eigenvalue weighted by molar-refractivity contribution is 0.445. The third kappa shape index (κ3) is 1.81. The Morgan fingerprint density at radius 3 is 3.14 bits per heavy atom. The molecule has 0 fully saturated rings. The van der Waals surface area contributed by atoms with Gasteiger partial charge in [-0.3, -0.25) is 0 Å². The smallest absolute Gasteiger partial charge is 0.167 e. The van der Waals surface area contributed by atoms with Crippen molar-refractivity contribution in [2.45, 2.75) is 6.42 Å². The Kier molecular flexibility index (Phi) is 2.84. The Hall–Kier alpha value is -0.870. The van der Waals surface area contributed by atoms with Crippen molar-refractivity contribution < 1.29 is 4.52 Å². The number of fused-ring (bicyclic) bond motifs is 1. The highest BCUT2D eigenvalue weighted by Gasteiger charge is 2.07. The van der Waals surface area contributed by atoms with E-state index >= 15 is 0 Å². The molecule has 14 heavy (non-hydrogen) atoms. The first-order valence-corrected chi connectivity index (χ1v) is 5.29. The summed E-state index contributed by atoms with van der Waals surface area (Å²) >= 11 is 3.43. The Morgan fingerprint density at radius 2 is 2.36 bits per heavy atom. The minimum Gasteiger partial charge on any atom is -0.356 e. The second-order valence-corrected chi connectivity index (χ2v) is 4.04. The van der Waals surface area contributed by atoms with Gasteiger partial charge in [0.25, 0.3) is 0 Å². The normalized spacial score (nSPS) is 11.0. The fourth-order valence-electron chi connectivity index (χ4n) is 1.38. The summed E-state index contributed by atoms with van der Waals surface area (Å²) in [5, 5.41) is 8.22. The number of hydrogen-bond donors (Lipinski definition) is 1.